The van der Waals surface area contributed by atoms with Crippen molar-refractivity contribution in [1.82, 2.24) is 0 Å². The van der Waals surface area contributed by atoms with Crippen molar-refractivity contribution in [2.75, 3.05) is 5.88 Å². The fourth-order valence-corrected chi connectivity index (χ4v) is 0.533. The van der Waals surface area contributed by atoms with Crippen molar-refractivity contribution in [2.45, 2.75) is 26.2 Å². The molecule has 12 heavy (non-hydrogen) atoms. The summed E-state index contributed by atoms with van der Waals surface area (Å²) in [5.74, 6) is 0.827. The van der Waals surface area contributed by atoms with Crippen LogP contribution in [0.4, 0.5) is 0 Å². The third-order valence-electron chi connectivity index (χ3n) is 0.737. The molecule has 0 fully saturated rings. The fraction of sp³-hybridized carbons (Fsp3) is 1.00. The van der Waals surface area contributed by atoms with Gasteiger partial charge in [0.1, 0.15) is 0 Å². The third-order valence-corrected chi connectivity index (χ3v) is 1.00. The van der Waals surface area contributed by atoms with Gasteiger partial charge in [0.15, 0.2) is 0 Å². The molecule has 0 aromatic heterocycles. The summed E-state index contributed by atoms with van der Waals surface area (Å²) in [4.78, 5) is 0. The van der Waals surface area contributed by atoms with Gasteiger partial charge in [0.2, 0.25) is 0 Å². The van der Waals surface area contributed by atoms with Crippen molar-refractivity contribution >= 4 is 22.0 Å². The molecular weight excluding hydrogens is 199 g/mol. The van der Waals surface area contributed by atoms with Crippen LogP contribution in [0.5, 0.6) is 0 Å². The Morgan fingerprint density at radius 1 is 1.33 bits per heavy atom. The number of unbranched alkanes of at least 4 members (excludes halogenated alkanes) is 2. The van der Waals surface area contributed by atoms with Crippen LogP contribution in [-0.4, -0.2) is 23.4 Å². The Kier molecular flexibility index (Phi) is 18.1. The molecule has 0 heterocycles. The van der Waals surface area contributed by atoms with Crippen LogP contribution in [0.15, 0.2) is 0 Å². The zero-order valence-electron chi connectivity index (χ0n) is 8.33. The zero-order valence-corrected chi connectivity index (χ0v) is 8.90. The van der Waals surface area contributed by atoms with E-state index < -0.39 is 10.4 Å². The van der Waals surface area contributed by atoms with Crippen molar-refractivity contribution in [2.24, 2.45) is 0 Å². The van der Waals surface area contributed by atoms with E-state index in [1.807, 2.05) is 0 Å². The zero-order chi connectivity index (χ0) is 9.33. The summed E-state index contributed by atoms with van der Waals surface area (Å²) in [5.41, 5.74) is 0. The average Bonchev–Trinajstić information content (AvgIpc) is 1.79. The first-order valence-electron chi connectivity index (χ1n) is 3.17. The van der Waals surface area contributed by atoms with E-state index in [9.17, 15) is 0 Å². The molecule has 0 saturated carbocycles. The molecule has 0 bridgehead atoms. The van der Waals surface area contributed by atoms with Gasteiger partial charge in [-0.3, -0.25) is 9.11 Å². The largest absolute Gasteiger partial charge is 1.00 e. The maximum Gasteiger partial charge on any atom is 1.00 e. The topological polar surface area (TPSA) is 74.6 Å². The number of hydrogen-bond acceptors (Lipinski definition) is 2. The van der Waals surface area contributed by atoms with Gasteiger partial charge in [0.05, 0.1) is 0 Å². The second-order valence-electron chi connectivity index (χ2n) is 1.84. The fourth-order valence-electron chi connectivity index (χ4n) is 0.344. The van der Waals surface area contributed by atoms with Crippen molar-refractivity contribution in [3.05, 3.63) is 0 Å². The molecule has 0 saturated heterocycles. The Bertz CT molecular complexity index is 152. The van der Waals surface area contributed by atoms with Crippen LogP contribution in [0.2, 0.25) is 0 Å². The van der Waals surface area contributed by atoms with Gasteiger partial charge in [0.25, 0.3) is 0 Å². The minimum absolute atomic E-state index is 0. The first-order chi connectivity index (χ1) is 4.91. The molecule has 2 N–H and O–H groups in total. The van der Waals surface area contributed by atoms with Crippen LogP contribution in [0, 0.1) is 0 Å². The van der Waals surface area contributed by atoms with E-state index in [2.05, 4.69) is 6.92 Å². The summed E-state index contributed by atoms with van der Waals surface area (Å²) < 4.78 is 31.6. The Labute approximate surface area is 91.9 Å². The number of rotatable bonds is 3. The second kappa shape index (κ2) is 11.8. The molecule has 0 aromatic carbocycles. The van der Waals surface area contributed by atoms with Gasteiger partial charge >= 0.3 is 29.3 Å². The number of hydrogen-bond donors (Lipinski definition) is 2. The van der Waals surface area contributed by atoms with E-state index in [0.717, 1.165) is 5.88 Å². The van der Waals surface area contributed by atoms with Gasteiger partial charge in [-0.25, -0.2) is 0 Å². The molecular formula is C5H14ClLiO4S. The van der Waals surface area contributed by atoms with E-state index >= 15 is 0 Å². The number of halogens is 1. The molecule has 0 rings (SSSR count). The Morgan fingerprint density at radius 3 is 1.75 bits per heavy atom. The van der Waals surface area contributed by atoms with Gasteiger partial charge in [-0.05, 0) is 6.42 Å². The maximum absolute atomic E-state index is 8.74. The van der Waals surface area contributed by atoms with Crippen LogP contribution >= 0.6 is 11.6 Å². The van der Waals surface area contributed by atoms with Crippen LogP contribution in [0.3, 0.4) is 0 Å². The Hall–Kier alpha value is 0.757. The minimum atomic E-state index is -4.67. The standard InChI is InChI=1S/C5H11Cl.Li.H2O4S.H/c1-2-3-4-5-6;;1-5(2,3)4;/h2-5H2,1H3;;(H2,1,2,3,4);/q;+1;;-1. The molecule has 0 aliphatic rings. The predicted octanol–water partition coefficient (Wildman–Crippen LogP) is -1.12. The smallest absolute Gasteiger partial charge is 1.00 e. The van der Waals surface area contributed by atoms with Crippen LogP contribution in [0.25, 0.3) is 0 Å². The van der Waals surface area contributed by atoms with E-state index in [4.69, 9.17) is 29.1 Å². The summed E-state index contributed by atoms with van der Waals surface area (Å²) >= 11 is 5.38. The molecule has 72 valence electrons. The Balaban J connectivity index is -0.0000000546. The monoisotopic (exact) mass is 212 g/mol. The molecule has 0 aliphatic heterocycles. The van der Waals surface area contributed by atoms with Crippen molar-refractivity contribution in [3.63, 3.8) is 0 Å². The van der Waals surface area contributed by atoms with E-state index in [1.165, 1.54) is 19.3 Å². The molecule has 0 aromatic rings. The molecule has 0 aliphatic carbocycles. The first-order valence-corrected chi connectivity index (χ1v) is 5.10. The van der Waals surface area contributed by atoms with Crippen molar-refractivity contribution in [3.8, 4) is 0 Å². The number of alkyl halides is 1. The molecule has 0 radical (unpaired) electrons. The van der Waals surface area contributed by atoms with Crippen LogP contribution in [0.1, 0.15) is 27.6 Å². The molecule has 0 amide bonds. The third kappa shape index (κ3) is 72.5. The molecule has 0 unspecified atom stereocenters. The van der Waals surface area contributed by atoms with E-state index in [1.54, 1.807) is 0 Å². The SMILES string of the molecule is CCCCCCl.O=S(=O)(O)O.[H-].[Li+]. The molecule has 7 heteroatoms. The predicted molar refractivity (Wildman–Crippen MR) is 45.5 cm³/mol. The minimum Gasteiger partial charge on any atom is -1.00 e. The molecule has 4 nitrogen and oxygen atoms in total. The van der Waals surface area contributed by atoms with Gasteiger partial charge < -0.3 is 1.43 Å². The van der Waals surface area contributed by atoms with E-state index in [-0.39, 0.29) is 20.3 Å². The second-order valence-corrected chi connectivity index (χ2v) is 3.12. The first kappa shape index (κ1) is 18.5. The Morgan fingerprint density at radius 2 is 1.67 bits per heavy atom. The summed E-state index contributed by atoms with van der Waals surface area (Å²) in [6.07, 6.45) is 3.73. The summed E-state index contributed by atoms with van der Waals surface area (Å²) in [6, 6.07) is 0. The summed E-state index contributed by atoms with van der Waals surface area (Å²) in [5, 5.41) is 0. The summed E-state index contributed by atoms with van der Waals surface area (Å²) in [7, 11) is -4.67. The van der Waals surface area contributed by atoms with Crippen LogP contribution in [-0.2, 0) is 10.4 Å². The van der Waals surface area contributed by atoms with Gasteiger partial charge in [0, 0.05) is 5.88 Å². The van der Waals surface area contributed by atoms with Gasteiger partial charge in [-0.15, -0.1) is 11.6 Å². The summed E-state index contributed by atoms with van der Waals surface area (Å²) in [6.45, 7) is 2.17. The van der Waals surface area contributed by atoms with Crippen molar-refractivity contribution < 1.29 is 37.8 Å². The molecule has 0 spiro atoms. The quantitative estimate of drug-likeness (QED) is 0.269. The normalized spacial score (nSPS) is 9.33. The van der Waals surface area contributed by atoms with Gasteiger partial charge in [-0.2, -0.15) is 8.42 Å². The maximum atomic E-state index is 8.74. The van der Waals surface area contributed by atoms with Crippen LogP contribution < -0.4 is 18.9 Å². The average molecular weight is 213 g/mol. The molecule has 0 atom stereocenters. The van der Waals surface area contributed by atoms with E-state index in [0.29, 0.717) is 0 Å². The van der Waals surface area contributed by atoms with Crippen molar-refractivity contribution in [1.29, 1.82) is 0 Å². The van der Waals surface area contributed by atoms with Gasteiger partial charge in [-0.1, -0.05) is 19.8 Å².